The molecule has 1 spiro atoms. The number of carbonyl (C=O) groups is 1. The molecule has 8 heteroatoms. The largest absolute Gasteiger partial charge is 0.493 e. The van der Waals surface area contributed by atoms with Crippen molar-refractivity contribution in [2.75, 3.05) is 27.1 Å². The van der Waals surface area contributed by atoms with Crippen LogP contribution in [0, 0.1) is 11.8 Å². The maximum atomic E-state index is 13.1. The van der Waals surface area contributed by atoms with Crippen molar-refractivity contribution in [2.24, 2.45) is 16.8 Å². The van der Waals surface area contributed by atoms with Gasteiger partial charge in [-0.2, -0.15) is 0 Å². The lowest BCUT2D eigenvalue weighted by Crippen LogP contribution is -2.43. The van der Waals surface area contributed by atoms with Gasteiger partial charge in [-0.25, -0.2) is 0 Å². The molecule has 0 bridgehead atoms. The van der Waals surface area contributed by atoms with Crippen molar-refractivity contribution in [2.45, 2.75) is 24.1 Å². The fraction of sp³-hybridized carbons (Fsp3) is 0.455. The van der Waals surface area contributed by atoms with Crippen molar-refractivity contribution in [3.05, 3.63) is 41.6 Å². The Morgan fingerprint density at radius 3 is 2.63 bits per heavy atom. The van der Waals surface area contributed by atoms with Crippen LogP contribution in [-0.2, 0) is 11.3 Å². The van der Waals surface area contributed by atoms with E-state index < -0.39 is 0 Å². The number of carbonyl (C=O) groups excluding carboxylic acids is 1. The number of rotatable bonds is 6. The molecule has 1 fully saturated rings. The van der Waals surface area contributed by atoms with Crippen LogP contribution in [0.5, 0.6) is 17.2 Å². The van der Waals surface area contributed by atoms with Crippen LogP contribution in [0.4, 0.5) is 0 Å². The zero-order chi connectivity index (χ0) is 20.4. The van der Waals surface area contributed by atoms with E-state index in [1.807, 2.05) is 30.1 Å². The summed E-state index contributed by atoms with van der Waals surface area (Å²) in [7, 11) is 4.75. The molecule has 1 saturated heterocycles. The number of nitrogens with one attached hydrogen (secondary N) is 1. The third kappa shape index (κ3) is 3.81. The third-order valence-corrected chi connectivity index (χ3v) is 7.69. The highest BCUT2D eigenvalue weighted by Crippen LogP contribution is 2.57. The number of allylic oxidation sites excluding steroid dienone is 3. The summed E-state index contributed by atoms with van der Waals surface area (Å²) in [6.45, 7) is 0.410. The van der Waals surface area contributed by atoms with E-state index in [0.717, 1.165) is 29.9 Å². The summed E-state index contributed by atoms with van der Waals surface area (Å²) < 4.78 is 16.1. The van der Waals surface area contributed by atoms with Crippen LogP contribution in [0.15, 0.2) is 41.1 Å². The zero-order valence-corrected chi connectivity index (χ0v) is 19.0. The molecule has 6 nitrogen and oxygen atoms in total. The Morgan fingerprint density at radius 2 is 1.97 bits per heavy atom. The van der Waals surface area contributed by atoms with E-state index >= 15 is 0 Å². The Balaban J connectivity index is 0.00000256. The molecular formula is C22H27ClN2O4S. The van der Waals surface area contributed by atoms with Crippen LogP contribution in [0.2, 0.25) is 0 Å². The van der Waals surface area contributed by atoms with Gasteiger partial charge in [-0.1, -0.05) is 12.2 Å². The minimum Gasteiger partial charge on any atom is -0.493 e. The molecule has 2 heterocycles. The lowest BCUT2D eigenvalue weighted by atomic mass is 9.73. The van der Waals surface area contributed by atoms with Gasteiger partial charge in [0.2, 0.25) is 11.7 Å². The highest BCUT2D eigenvalue weighted by atomic mass is 35.5. The molecule has 3 atom stereocenters. The van der Waals surface area contributed by atoms with Crippen molar-refractivity contribution < 1.29 is 19.0 Å². The van der Waals surface area contributed by atoms with Crippen molar-refractivity contribution in [1.29, 1.82) is 0 Å². The average Bonchev–Trinajstić information content (AvgIpc) is 3.14. The van der Waals surface area contributed by atoms with Gasteiger partial charge in [0, 0.05) is 18.5 Å². The minimum atomic E-state index is -0.0436. The highest BCUT2D eigenvalue weighted by Gasteiger charge is 2.54. The van der Waals surface area contributed by atoms with Gasteiger partial charge in [0.05, 0.1) is 37.7 Å². The summed E-state index contributed by atoms with van der Waals surface area (Å²) in [6, 6.07) is 3.74. The van der Waals surface area contributed by atoms with E-state index in [1.54, 1.807) is 21.3 Å². The maximum Gasteiger partial charge on any atom is 0.224 e. The van der Waals surface area contributed by atoms with Crippen molar-refractivity contribution in [1.82, 2.24) is 5.32 Å². The molecule has 3 unspecified atom stereocenters. The number of hydrogen-bond donors (Lipinski definition) is 1. The number of ether oxygens (including phenoxy) is 3. The first kappa shape index (κ1) is 22.6. The fourth-order valence-corrected chi connectivity index (χ4v) is 6.31. The summed E-state index contributed by atoms with van der Waals surface area (Å²) in [5.74, 6) is 2.88. The monoisotopic (exact) mass is 450 g/mol. The molecule has 2 aliphatic heterocycles. The van der Waals surface area contributed by atoms with Gasteiger partial charge < -0.3 is 19.5 Å². The minimum absolute atomic E-state index is 0. The van der Waals surface area contributed by atoms with Gasteiger partial charge in [0.25, 0.3) is 0 Å². The second kappa shape index (κ2) is 9.35. The Morgan fingerprint density at radius 1 is 1.23 bits per heavy atom. The van der Waals surface area contributed by atoms with Crippen LogP contribution in [0.1, 0.15) is 18.4 Å². The van der Waals surface area contributed by atoms with Crippen LogP contribution in [0.3, 0.4) is 0 Å². The molecule has 1 aromatic rings. The lowest BCUT2D eigenvalue weighted by Gasteiger charge is -2.39. The number of nitrogens with zero attached hydrogens (tertiary/aromatic N) is 1. The molecule has 0 radical (unpaired) electrons. The molecule has 0 aromatic heterocycles. The van der Waals surface area contributed by atoms with Crippen LogP contribution >= 0.6 is 24.2 Å². The maximum absolute atomic E-state index is 13.1. The van der Waals surface area contributed by atoms with Crippen LogP contribution in [-0.4, -0.2) is 44.0 Å². The summed E-state index contributed by atoms with van der Waals surface area (Å²) in [5, 5.41) is 3.12. The first-order valence-electron chi connectivity index (χ1n) is 9.73. The Labute approximate surface area is 187 Å². The molecule has 0 saturated carbocycles. The quantitative estimate of drug-likeness (QED) is 0.714. The zero-order valence-electron chi connectivity index (χ0n) is 17.3. The molecule has 30 heavy (non-hydrogen) atoms. The van der Waals surface area contributed by atoms with Crippen LogP contribution in [0.25, 0.3) is 0 Å². The Bertz CT molecular complexity index is 876. The topological polar surface area (TPSA) is 69.2 Å². The number of halogens is 1. The summed E-state index contributed by atoms with van der Waals surface area (Å²) in [4.78, 5) is 17.7. The fourth-order valence-electron chi connectivity index (χ4n) is 4.50. The number of benzene rings is 1. The molecule has 1 N–H and O–H groups in total. The van der Waals surface area contributed by atoms with Gasteiger partial charge in [-0.3, -0.25) is 9.79 Å². The van der Waals surface area contributed by atoms with E-state index in [2.05, 4.69) is 28.5 Å². The molecule has 162 valence electrons. The smallest absolute Gasteiger partial charge is 0.224 e. The first-order chi connectivity index (χ1) is 14.1. The SMILES string of the molecule is COc1cc(CNC(=O)C2CSC34CC=CC=C3N=CCC24)cc(OC)c1OC.Cl. The van der Waals surface area contributed by atoms with E-state index in [-0.39, 0.29) is 34.9 Å². The predicted molar refractivity (Wildman–Crippen MR) is 122 cm³/mol. The van der Waals surface area contributed by atoms with E-state index in [0.29, 0.717) is 23.8 Å². The van der Waals surface area contributed by atoms with Crippen molar-refractivity contribution >= 4 is 36.3 Å². The van der Waals surface area contributed by atoms with Crippen molar-refractivity contribution in [3.63, 3.8) is 0 Å². The van der Waals surface area contributed by atoms with Gasteiger partial charge in [-0.05, 0) is 42.5 Å². The number of aliphatic imine (C=N–C) groups is 1. The predicted octanol–water partition coefficient (Wildman–Crippen LogP) is 3.79. The second-order valence-corrected chi connectivity index (χ2v) is 8.75. The number of hydrogen-bond acceptors (Lipinski definition) is 6. The van der Waals surface area contributed by atoms with E-state index in [9.17, 15) is 4.79 Å². The molecule has 1 amide bonds. The Hall–Kier alpha value is -2.12. The molecule has 3 aliphatic rings. The Kier molecular flexibility index (Phi) is 7.03. The summed E-state index contributed by atoms with van der Waals surface area (Å²) >= 11 is 1.88. The second-order valence-electron chi connectivity index (χ2n) is 7.40. The molecular weight excluding hydrogens is 424 g/mol. The van der Waals surface area contributed by atoms with Crippen LogP contribution < -0.4 is 19.5 Å². The van der Waals surface area contributed by atoms with Gasteiger partial charge in [0.1, 0.15) is 0 Å². The summed E-state index contributed by atoms with van der Waals surface area (Å²) in [5.41, 5.74) is 2.01. The van der Waals surface area contributed by atoms with E-state index in [1.165, 1.54) is 0 Å². The third-order valence-electron chi connectivity index (χ3n) is 5.97. The normalized spacial score (nSPS) is 26.0. The average molecular weight is 451 g/mol. The standard InChI is InChI=1S/C22H26N2O4S.ClH/c1-26-17-10-14(11-18(27-2)20(17)28-3)12-24-21(25)15-13-29-22-8-5-4-6-19(22)23-9-7-16(15)22;/h4-6,9-11,15-16H,7-8,12-13H2,1-3H3,(H,24,25);1H. The van der Waals surface area contributed by atoms with Gasteiger partial charge in [0.15, 0.2) is 11.5 Å². The van der Waals surface area contributed by atoms with E-state index in [4.69, 9.17) is 14.2 Å². The van der Waals surface area contributed by atoms with Crippen molar-refractivity contribution in [3.8, 4) is 17.2 Å². The van der Waals surface area contributed by atoms with Gasteiger partial charge in [-0.15, -0.1) is 24.2 Å². The molecule has 1 aliphatic carbocycles. The molecule has 4 rings (SSSR count). The summed E-state index contributed by atoms with van der Waals surface area (Å²) in [6.07, 6.45) is 10.1. The number of amides is 1. The highest BCUT2D eigenvalue weighted by molar-refractivity contribution is 8.01. The number of thioether (sulfide) groups is 1. The van der Waals surface area contributed by atoms with Gasteiger partial charge >= 0.3 is 0 Å². The first-order valence-corrected chi connectivity index (χ1v) is 10.7. The molecule has 1 aromatic carbocycles. The number of methoxy groups -OCH3 is 3. The lowest BCUT2D eigenvalue weighted by molar-refractivity contribution is -0.126.